The normalized spacial score (nSPS) is 14.6. The Hall–Kier alpha value is -2.04. The van der Waals surface area contributed by atoms with E-state index in [9.17, 15) is 4.79 Å². The molecule has 5 nitrogen and oxygen atoms in total. The number of likely N-dealkylation sites (N-methyl/N-ethyl adjacent to an activating group) is 1. The highest BCUT2D eigenvalue weighted by Crippen LogP contribution is 2.17. The number of benzene rings is 1. The molecule has 1 aliphatic rings. The van der Waals surface area contributed by atoms with Crippen LogP contribution in [0, 0.1) is 0 Å². The first-order valence-electron chi connectivity index (χ1n) is 5.49. The van der Waals surface area contributed by atoms with Crippen LogP contribution in [0.15, 0.2) is 29.3 Å². The lowest BCUT2D eigenvalue weighted by atomic mass is 10.1. The minimum absolute atomic E-state index is 0.0141. The summed E-state index contributed by atoms with van der Waals surface area (Å²) in [5, 5.41) is 12.0. The standard InChI is InChI=1S/C12H15N3O2/c1-15-7-6-13-12(15)14-10-5-3-2-4-9(10)8-11(16)17/h2-5H,6-8H2,1H3,(H,13,14)(H,16,17). The fraction of sp³-hybridized carbons (Fsp3) is 0.333. The van der Waals surface area contributed by atoms with Crippen molar-refractivity contribution in [1.82, 2.24) is 4.90 Å². The number of nitrogens with zero attached hydrogens (tertiary/aromatic N) is 2. The number of hydrogen-bond donors (Lipinski definition) is 2. The number of nitrogens with one attached hydrogen (secondary N) is 1. The van der Waals surface area contributed by atoms with Crippen molar-refractivity contribution in [2.75, 3.05) is 25.5 Å². The SMILES string of the molecule is CN1CCN=C1Nc1ccccc1CC(=O)O. The Kier molecular flexibility index (Phi) is 3.27. The molecule has 0 aliphatic carbocycles. The van der Waals surface area contributed by atoms with Gasteiger partial charge in [0.25, 0.3) is 0 Å². The van der Waals surface area contributed by atoms with Crippen molar-refractivity contribution in [3.8, 4) is 0 Å². The molecule has 2 N–H and O–H groups in total. The molecule has 17 heavy (non-hydrogen) atoms. The predicted molar refractivity (Wildman–Crippen MR) is 66.3 cm³/mol. The average molecular weight is 233 g/mol. The zero-order valence-corrected chi connectivity index (χ0v) is 9.68. The van der Waals surface area contributed by atoms with Crippen molar-refractivity contribution in [1.29, 1.82) is 0 Å². The van der Waals surface area contributed by atoms with Gasteiger partial charge in [-0.15, -0.1) is 0 Å². The van der Waals surface area contributed by atoms with Crippen LogP contribution in [0.2, 0.25) is 0 Å². The number of guanidine groups is 1. The van der Waals surface area contributed by atoms with Crippen LogP contribution in [0.5, 0.6) is 0 Å². The Labute approximate surface area is 99.8 Å². The number of rotatable bonds is 3. The van der Waals surface area contributed by atoms with Crippen molar-refractivity contribution in [2.45, 2.75) is 6.42 Å². The molecule has 1 aromatic rings. The van der Waals surface area contributed by atoms with E-state index in [1.54, 1.807) is 0 Å². The van der Waals surface area contributed by atoms with Crippen LogP contribution in [-0.4, -0.2) is 42.1 Å². The molecule has 1 aliphatic heterocycles. The molecule has 0 unspecified atom stereocenters. The molecule has 2 rings (SSSR count). The summed E-state index contributed by atoms with van der Waals surface area (Å²) in [6.07, 6.45) is 0.0141. The lowest BCUT2D eigenvalue weighted by molar-refractivity contribution is -0.136. The van der Waals surface area contributed by atoms with Gasteiger partial charge in [-0.3, -0.25) is 9.79 Å². The van der Waals surface area contributed by atoms with Crippen molar-refractivity contribution >= 4 is 17.6 Å². The Morgan fingerprint density at radius 3 is 2.94 bits per heavy atom. The first-order valence-corrected chi connectivity index (χ1v) is 5.49. The average Bonchev–Trinajstić information content (AvgIpc) is 2.67. The summed E-state index contributed by atoms with van der Waals surface area (Å²) < 4.78 is 0. The lowest BCUT2D eigenvalue weighted by Gasteiger charge is -2.17. The molecule has 1 aromatic carbocycles. The Morgan fingerprint density at radius 2 is 2.29 bits per heavy atom. The second kappa shape index (κ2) is 4.86. The van der Waals surface area contributed by atoms with Crippen LogP contribution in [0.1, 0.15) is 5.56 Å². The maximum atomic E-state index is 10.8. The number of anilines is 1. The summed E-state index contributed by atoms with van der Waals surface area (Å²) in [6, 6.07) is 7.39. The fourth-order valence-corrected chi connectivity index (χ4v) is 1.75. The van der Waals surface area contributed by atoms with E-state index < -0.39 is 5.97 Å². The number of hydrogen-bond acceptors (Lipinski definition) is 4. The van der Waals surface area contributed by atoms with Gasteiger partial charge in [0.2, 0.25) is 0 Å². The maximum Gasteiger partial charge on any atom is 0.307 e. The summed E-state index contributed by atoms with van der Waals surface area (Å²) in [7, 11) is 1.96. The van der Waals surface area contributed by atoms with Crippen molar-refractivity contribution in [3.05, 3.63) is 29.8 Å². The van der Waals surface area contributed by atoms with Crippen molar-refractivity contribution in [3.63, 3.8) is 0 Å². The van der Waals surface area contributed by atoms with Crippen molar-refractivity contribution in [2.24, 2.45) is 4.99 Å². The summed E-state index contributed by atoms with van der Waals surface area (Å²) in [4.78, 5) is 17.1. The van der Waals surface area contributed by atoms with Gasteiger partial charge in [0.1, 0.15) is 0 Å². The molecule has 0 bridgehead atoms. The third-order valence-corrected chi connectivity index (χ3v) is 2.66. The zero-order valence-electron chi connectivity index (χ0n) is 9.68. The first kappa shape index (κ1) is 11.4. The summed E-state index contributed by atoms with van der Waals surface area (Å²) in [5.41, 5.74) is 1.57. The van der Waals surface area contributed by atoms with Crippen LogP contribution in [-0.2, 0) is 11.2 Å². The van der Waals surface area contributed by atoms with Gasteiger partial charge in [-0.1, -0.05) is 18.2 Å². The quantitative estimate of drug-likeness (QED) is 0.818. The smallest absolute Gasteiger partial charge is 0.307 e. The van der Waals surface area contributed by atoms with Gasteiger partial charge in [-0.2, -0.15) is 0 Å². The van der Waals surface area contributed by atoms with Crippen molar-refractivity contribution < 1.29 is 9.90 Å². The Balaban J connectivity index is 2.17. The van der Waals surface area contributed by atoms with E-state index in [4.69, 9.17) is 5.11 Å². The third kappa shape index (κ3) is 2.75. The van der Waals surface area contributed by atoms with Crippen LogP contribution >= 0.6 is 0 Å². The number of aliphatic carboxylic acids is 1. The number of carboxylic acids is 1. The molecule has 1 heterocycles. The van der Waals surface area contributed by atoms with Crippen LogP contribution in [0.4, 0.5) is 5.69 Å². The van der Waals surface area contributed by atoms with Gasteiger partial charge in [0, 0.05) is 19.3 Å². The maximum absolute atomic E-state index is 10.8. The van der Waals surface area contributed by atoms with E-state index in [0.717, 1.165) is 30.3 Å². The summed E-state index contributed by atoms with van der Waals surface area (Å²) >= 11 is 0. The van der Waals surface area contributed by atoms with Gasteiger partial charge < -0.3 is 15.3 Å². The Bertz CT molecular complexity index is 457. The van der Waals surface area contributed by atoms with E-state index in [0.29, 0.717) is 0 Å². The minimum atomic E-state index is -0.832. The highest BCUT2D eigenvalue weighted by atomic mass is 16.4. The summed E-state index contributed by atoms with van der Waals surface area (Å²) in [6.45, 7) is 1.67. The molecule has 0 saturated carbocycles. The van der Waals surface area contributed by atoms with Gasteiger partial charge in [0.05, 0.1) is 13.0 Å². The third-order valence-electron chi connectivity index (χ3n) is 2.66. The highest BCUT2D eigenvalue weighted by molar-refractivity contribution is 5.95. The van der Waals surface area contributed by atoms with E-state index >= 15 is 0 Å². The first-order chi connectivity index (χ1) is 8.16. The second-order valence-corrected chi connectivity index (χ2v) is 3.98. The molecule has 5 heteroatoms. The van der Waals surface area contributed by atoms with E-state index in [1.807, 2.05) is 36.2 Å². The van der Waals surface area contributed by atoms with E-state index in [-0.39, 0.29) is 6.42 Å². The fourth-order valence-electron chi connectivity index (χ4n) is 1.75. The topological polar surface area (TPSA) is 64.9 Å². The molecule has 0 radical (unpaired) electrons. The second-order valence-electron chi connectivity index (χ2n) is 3.98. The molecule has 0 atom stereocenters. The lowest BCUT2D eigenvalue weighted by Crippen LogP contribution is -2.29. The number of carboxylic acid groups (broad SMARTS) is 1. The highest BCUT2D eigenvalue weighted by Gasteiger charge is 2.14. The summed E-state index contributed by atoms with van der Waals surface area (Å²) in [5.74, 6) is -0.0381. The molecule has 0 aromatic heterocycles. The molecule has 0 spiro atoms. The predicted octanol–water partition coefficient (Wildman–Crippen LogP) is 1.03. The molecule has 90 valence electrons. The van der Waals surface area contributed by atoms with Gasteiger partial charge in [-0.25, -0.2) is 0 Å². The number of para-hydroxylation sites is 1. The van der Waals surface area contributed by atoms with Crippen LogP contribution < -0.4 is 5.32 Å². The molecular weight excluding hydrogens is 218 g/mol. The van der Waals surface area contributed by atoms with Gasteiger partial charge in [0.15, 0.2) is 5.96 Å². The zero-order chi connectivity index (χ0) is 12.3. The molecular formula is C12H15N3O2. The van der Waals surface area contributed by atoms with E-state index in [2.05, 4.69) is 10.3 Å². The number of aliphatic imine (C=N–C) groups is 1. The molecule has 0 fully saturated rings. The molecule has 0 amide bonds. The van der Waals surface area contributed by atoms with E-state index in [1.165, 1.54) is 0 Å². The van der Waals surface area contributed by atoms with Crippen LogP contribution in [0.25, 0.3) is 0 Å². The Morgan fingerprint density at radius 1 is 1.53 bits per heavy atom. The molecule has 0 saturated heterocycles. The van der Waals surface area contributed by atoms with Gasteiger partial charge in [-0.05, 0) is 11.6 Å². The minimum Gasteiger partial charge on any atom is -0.481 e. The monoisotopic (exact) mass is 233 g/mol. The largest absolute Gasteiger partial charge is 0.481 e. The van der Waals surface area contributed by atoms with Crippen LogP contribution in [0.3, 0.4) is 0 Å². The van der Waals surface area contributed by atoms with Gasteiger partial charge >= 0.3 is 5.97 Å². The number of carbonyl (C=O) groups is 1.